The Bertz CT molecular complexity index is 1430. The Labute approximate surface area is 210 Å². The average molecular weight is 519 g/mol. The molecule has 0 saturated carbocycles. The van der Waals surface area contributed by atoms with Crippen LogP contribution >= 0.6 is 0 Å². The predicted octanol–water partition coefficient (Wildman–Crippen LogP) is 4.13. The van der Waals surface area contributed by atoms with Crippen molar-refractivity contribution in [2.75, 3.05) is 26.8 Å². The van der Waals surface area contributed by atoms with Gasteiger partial charge < -0.3 is 15.2 Å². The lowest BCUT2D eigenvalue weighted by Crippen LogP contribution is -2.38. The van der Waals surface area contributed by atoms with Crippen molar-refractivity contribution >= 4 is 16.6 Å². The molecule has 196 valence electrons. The van der Waals surface area contributed by atoms with Gasteiger partial charge in [0.1, 0.15) is 24.1 Å². The van der Waals surface area contributed by atoms with Gasteiger partial charge in [-0.2, -0.15) is 13.2 Å². The summed E-state index contributed by atoms with van der Waals surface area (Å²) in [6.07, 6.45) is -2.88. The van der Waals surface area contributed by atoms with Crippen molar-refractivity contribution in [3.8, 4) is 17.3 Å². The van der Waals surface area contributed by atoms with Crippen molar-refractivity contribution in [2.45, 2.75) is 37.7 Å². The Kier molecular flexibility index (Phi) is 6.73. The summed E-state index contributed by atoms with van der Waals surface area (Å²) in [6, 6.07) is 6.96. The zero-order chi connectivity index (χ0) is 26.3. The number of aromatic nitrogens is 4. The molecule has 0 radical (unpaired) electrons. The zero-order valence-corrected chi connectivity index (χ0v) is 20.2. The number of nitrogens with two attached hydrogens (primary N) is 1. The van der Waals surface area contributed by atoms with E-state index < -0.39 is 18.0 Å². The molecule has 1 aliphatic rings. The van der Waals surface area contributed by atoms with Crippen LogP contribution in [-0.4, -0.2) is 69.6 Å². The lowest BCUT2D eigenvalue weighted by molar-refractivity contribution is -0.183. The average Bonchev–Trinajstić information content (AvgIpc) is 3.47. The number of hydrogen-bond acceptors (Lipinski definition) is 7. The minimum atomic E-state index is -4.53. The van der Waals surface area contributed by atoms with E-state index in [2.05, 4.69) is 15.2 Å². The van der Waals surface area contributed by atoms with Crippen LogP contribution in [0, 0.1) is 5.82 Å². The fourth-order valence-electron chi connectivity index (χ4n) is 4.54. The molecule has 12 heteroatoms. The Balaban J connectivity index is 1.55. The highest BCUT2D eigenvalue weighted by Crippen LogP contribution is 2.39. The summed E-state index contributed by atoms with van der Waals surface area (Å²) in [6.45, 7) is 2.54. The Hall–Kier alpha value is -3.35. The second-order valence-corrected chi connectivity index (χ2v) is 9.23. The quantitative estimate of drug-likeness (QED) is 0.368. The summed E-state index contributed by atoms with van der Waals surface area (Å²) < 4.78 is 69.8. The molecule has 4 aromatic rings. The predicted molar refractivity (Wildman–Crippen MR) is 129 cm³/mol. The third-order valence-electron chi connectivity index (χ3n) is 6.51. The van der Waals surface area contributed by atoms with Crippen LogP contribution in [0.5, 0.6) is 5.75 Å². The molecule has 0 spiro atoms. The number of fused-ring (bicyclic) bond motifs is 2. The van der Waals surface area contributed by atoms with E-state index in [0.29, 0.717) is 29.7 Å². The highest BCUT2D eigenvalue weighted by molar-refractivity contribution is 5.82. The third-order valence-corrected chi connectivity index (χ3v) is 6.51. The molecule has 5 rings (SSSR count). The zero-order valence-electron chi connectivity index (χ0n) is 20.2. The molecular weight excluding hydrogens is 492 g/mol. The summed E-state index contributed by atoms with van der Waals surface area (Å²) >= 11 is 0. The maximum Gasteiger partial charge on any atom is 0.408 e. The monoisotopic (exact) mass is 518 g/mol. The summed E-state index contributed by atoms with van der Waals surface area (Å²) in [5.41, 5.74) is 6.43. The normalized spacial score (nSPS) is 18.5. The first-order valence-corrected chi connectivity index (χ1v) is 11.8. The molecule has 2 unspecified atom stereocenters. The van der Waals surface area contributed by atoms with Crippen molar-refractivity contribution < 1.29 is 27.0 Å². The van der Waals surface area contributed by atoms with Crippen molar-refractivity contribution in [1.82, 2.24) is 24.5 Å². The lowest BCUT2D eigenvalue weighted by atomic mass is 10.1. The molecule has 3 aromatic heterocycles. The van der Waals surface area contributed by atoms with Crippen LogP contribution in [0.2, 0.25) is 0 Å². The van der Waals surface area contributed by atoms with Gasteiger partial charge in [-0.3, -0.25) is 9.30 Å². The number of ether oxygens (including phenoxy) is 2. The van der Waals surface area contributed by atoms with Gasteiger partial charge in [-0.15, -0.1) is 10.2 Å². The van der Waals surface area contributed by atoms with Gasteiger partial charge >= 0.3 is 6.18 Å². The number of pyridine rings is 2. The summed E-state index contributed by atoms with van der Waals surface area (Å²) in [4.78, 5) is 5.74. The molecule has 4 heterocycles. The topological polar surface area (TPSA) is 90.8 Å². The molecule has 0 bridgehead atoms. The standard InChI is InChI=1S/C25H26F4N6O2/c1-14(36-2)13-37-18-5-3-15-9-19(26)22(31-20(15)10-18)24-33-32-21-6-4-16(11-35(21)24)23(25(27,28)29)34-8-7-17(30)12-34/h3-6,9-11,14,17,23H,7-8,12-13,30H2,1-2H3/t14?,17?,23-/m1/s1. The lowest BCUT2D eigenvalue weighted by Gasteiger charge is -2.30. The van der Waals surface area contributed by atoms with Crippen LogP contribution < -0.4 is 10.5 Å². The van der Waals surface area contributed by atoms with Gasteiger partial charge in [-0.1, -0.05) is 6.07 Å². The molecule has 1 saturated heterocycles. The van der Waals surface area contributed by atoms with E-state index in [1.54, 1.807) is 25.3 Å². The number of alkyl halides is 3. The number of likely N-dealkylation sites (tertiary alicyclic amines) is 1. The van der Waals surface area contributed by atoms with E-state index >= 15 is 4.39 Å². The van der Waals surface area contributed by atoms with Crippen LogP contribution in [0.15, 0.2) is 42.6 Å². The molecule has 1 aromatic carbocycles. The number of nitrogens with zero attached hydrogens (tertiary/aromatic N) is 5. The molecule has 37 heavy (non-hydrogen) atoms. The Morgan fingerprint density at radius 2 is 1.97 bits per heavy atom. The highest BCUT2D eigenvalue weighted by atomic mass is 19.4. The van der Waals surface area contributed by atoms with Crippen molar-refractivity contribution in [3.05, 3.63) is 54.0 Å². The second kappa shape index (κ2) is 9.84. The second-order valence-electron chi connectivity index (χ2n) is 9.23. The van der Waals surface area contributed by atoms with Crippen LogP contribution in [0.1, 0.15) is 24.9 Å². The van der Waals surface area contributed by atoms with Crippen LogP contribution in [0.25, 0.3) is 28.1 Å². The first-order valence-electron chi connectivity index (χ1n) is 11.8. The van der Waals surface area contributed by atoms with E-state index in [9.17, 15) is 13.2 Å². The van der Waals surface area contributed by atoms with Crippen molar-refractivity contribution in [3.63, 3.8) is 0 Å². The third kappa shape index (κ3) is 5.09. The molecular formula is C25H26F4N6O2. The minimum Gasteiger partial charge on any atom is -0.491 e. The van der Waals surface area contributed by atoms with E-state index in [0.717, 1.165) is 0 Å². The van der Waals surface area contributed by atoms with Gasteiger partial charge in [0.15, 0.2) is 17.3 Å². The number of benzene rings is 1. The Morgan fingerprint density at radius 1 is 1.16 bits per heavy atom. The molecule has 0 aliphatic carbocycles. The van der Waals surface area contributed by atoms with Gasteiger partial charge in [0.05, 0.1) is 11.6 Å². The fourth-order valence-corrected chi connectivity index (χ4v) is 4.54. The van der Waals surface area contributed by atoms with E-state index in [4.69, 9.17) is 15.2 Å². The van der Waals surface area contributed by atoms with Gasteiger partial charge in [-0.05, 0) is 43.2 Å². The maximum absolute atomic E-state index is 15.2. The highest BCUT2D eigenvalue weighted by Gasteiger charge is 2.46. The number of methoxy groups -OCH3 is 1. The van der Waals surface area contributed by atoms with Gasteiger partial charge in [0.2, 0.25) is 0 Å². The summed E-state index contributed by atoms with van der Waals surface area (Å²) in [5.74, 6) is -0.159. The SMILES string of the molecule is COC(C)COc1ccc2cc(F)c(-c3nnc4ccc([C@@H](N5CCC(N)C5)C(F)(F)F)cn34)nc2c1. The minimum absolute atomic E-state index is 0.00498. The molecule has 0 amide bonds. The maximum atomic E-state index is 15.2. The van der Waals surface area contributed by atoms with Crippen LogP contribution in [0.3, 0.4) is 0 Å². The van der Waals surface area contributed by atoms with E-state index in [-0.39, 0.29) is 48.0 Å². The molecule has 3 atom stereocenters. The van der Waals surface area contributed by atoms with Gasteiger partial charge in [-0.25, -0.2) is 9.37 Å². The van der Waals surface area contributed by atoms with Gasteiger partial charge in [0.25, 0.3) is 0 Å². The van der Waals surface area contributed by atoms with Crippen LogP contribution in [0.4, 0.5) is 17.6 Å². The number of hydrogen-bond donors (Lipinski definition) is 1. The molecule has 8 nitrogen and oxygen atoms in total. The largest absolute Gasteiger partial charge is 0.491 e. The van der Waals surface area contributed by atoms with Gasteiger partial charge in [0, 0.05) is 43.9 Å². The van der Waals surface area contributed by atoms with Crippen molar-refractivity contribution in [2.24, 2.45) is 5.73 Å². The Morgan fingerprint density at radius 3 is 2.68 bits per heavy atom. The van der Waals surface area contributed by atoms with E-state index in [1.807, 2.05) is 6.92 Å². The van der Waals surface area contributed by atoms with Crippen molar-refractivity contribution in [1.29, 1.82) is 0 Å². The molecule has 2 N–H and O–H groups in total. The number of rotatable bonds is 7. The molecule has 1 aliphatic heterocycles. The summed E-state index contributed by atoms with van der Waals surface area (Å²) in [7, 11) is 1.58. The first-order chi connectivity index (χ1) is 17.6. The fraction of sp³-hybridized carbons (Fsp3) is 0.400. The molecule has 1 fully saturated rings. The van der Waals surface area contributed by atoms with Crippen LogP contribution in [-0.2, 0) is 4.74 Å². The number of halogens is 4. The summed E-state index contributed by atoms with van der Waals surface area (Å²) in [5, 5.41) is 8.60. The smallest absolute Gasteiger partial charge is 0.408 e. The first kappa shape index (κ1) is 25.3. The van der Waals surface area contributed by atoms with E-state index in [1.165, 1.54) is 33.7 Å².